The number of hydrogen-bond donors (Lipinski definition) is 1. The summed E-state index contributed by atoms with van der Waals surface area (Å²) in [6.45, 7) is 8.40. The van der Waals surface area contributed by atoms with Crippen molar-refractivity contribution >= 4 is 5.97 Å². The Bertz CT molecular complexity index is 371. The minimum absolute atomic E-state index is 0.244. The van der Waals surface area contributed by atoms with Crippen LogP contribution in [0, 0.1) is 20.8 Å². The minimum Gasteiger partial charge on any atom is -0.481 e. The lowest BCUT2D eigenvalue weighted by Crippen LogP contribution is -2.04. The van der Waals surface area contributed by atoms with Gasteiger partial charge in [0.25, 0.3) is 0 Å². The summed E-state index contributed by atoms with van der Waals surface area (Å²) in [6.07, 6.45) is 0.952. The third-order valence-electron chi connectivity index (χ3n) is 3.02. The smallest absolute Gasteiger partial charge is 0.303 e. The van der Waals surface area contributed by atoms with Crippen LogP contribution in [0.1, 0.15) is 47.9 Å². The third-order valence-corrected chi connectivity index (χ3v) is 3.02. The number of hydrogen-bond acceptors (Lipinski definition) is 1. The SMILES string of the molecule is Cc1cc(C)c(C(C)CCC(=O)O)c(C)c1. The number of rotatable bonds is 4. The van der Waals surface area contributed by atoms with Gasteiger partial charge in [-0.05, 0) is 49.8 Å². The molecule has 1 N–H and O–H groups in total. The number of carboxylic acid groups (broad SMARTS) is 1. The largest absolute Gasteiger partial charge is 0.481 e. The highest BCUT2D eigenvalue weighted by molar-refractivity contribution is 5.66. The molecule has 0 aromatic heterocycles. The van der Waals surface area contributed by atoms with Crippen molar-refractivity contribution in [2.24, 2.45) is 0 Å². The first-order valence-electron chi connectivity index (χ1n) is 5.71. The molecule has 1 unspecified atom stereocenters. The highest BCUT2D eigenvalue weighted by Crippen LogP contribution is 2.28. The lowest BCUT2D eigenvalue weighted by Gasteiger charge is -2.17. The molecule has 1 atom stereocenters. The fraction of sp³-hybridized carbons (Fsp3) is 0.500. The molecule has 0 heterocycles. The van der Waals surface area contributed by atoms with Crippen LogP contribution in [0.15, 0.2) is 12.1 Å². The summed E-state index contributed by atoms with van der Waals surface area (Å²) in [4.78, 5) is 10.6. The van der Waals surface area contributed by atoms with Crippen molar-refractivity contribution in [1.82, 2.24) is 0 Å². The highest BCUT2D eigenvalue weighted by Gasteiger charge is 2.13. The monoisotopic (exact) mass is 220 g/mol. The standard InChI is InChI=1S/C14H20O2/c1-9-7-11(3)14(12(4)8-9)10(2)5-6-13(15)16/h7-8,10H,5-6H2,1-4H3,(H,15,16). The number of carbonyl (C=O) groups is 1. The van der Waals surface area contributed by atoms with Crippen LogP contribution < -0.4 is 0 Å². The summed E-state index contributed by atoms with van der Waals surface area (Å²) in [7, 11) is 0. The van der Waals surface area contributed by atoms with Gasteiger partial charge in [-0.3, -0.25) is 4.79 Å². The zero-order valence-corrected chi connectivity index (χ0v) is 10.5. The fourth-order valence-corrected chi connectivity index (χ4v) is 2.45. The van der Waals surface area contributed by atoms with E-state index in [1.165, 1.54) is 22.3 Å². The Morgan fingerprint density at radius 3 is 2.19 bits per heavy atom. The number of aliphatic carboxylic acids is 1. The van der Waals surface area contributed by atoms with Gasteiger partial charge in [0.15, 0.2) is 0 Å². The molecule has 1 rings (SSSR count). The van der Waals surface area contributed by atoms with Gasteiger partial charge in [-0.15, -0.1) is 0 Å². The van der Waals surface area contributed by atoms with Gasteiger partial charge in [0.05, 0.1) is 0 Å². The molecule has 16 heavy (non-hydrogen) atoms. The van der Waals surface area contributed by atoms with Crippen LogP contribution in [0.4, 0.5) is 0 Å². The van der Waals surface area contributed by atoms with Gasteiger partial charge in [0, 0.05) is 6.42 Å². The maximum absolute atomic E-state index is 10.6. The topological polar surface area (TPSA) is 37.3 Å². The second-order valence-corrected chi connectivity index (χ2v) is 4.65. The van der Waals surface area contributed by atoms with Gasteiger partial charge < -0.3 is 5.11 Å². The van der Waals surface area contributed by atoms with Gasteiger partial charge in [-0.2, -0.15) is 0 Å². The van der Waals surface area contributed by atoms with E-state index in [1.807, 2.05) is 0 Å². The maximum Gasteiger partial charge on any atom is 0.303 e. The van der Waals surface area contributed by atoms with Crippen LogP contribution in [-0.2, 0) is 4.79 Å². The highest BCUT2D eigenvalue weighted by atomic mass is 16.4. The van der Waals surface area contributed by atoms with E-state index in [2.05, 4.69) is 39.8 Å². The number of aryl methyl sites for hydroxylation is 3. The van der Waals surface area contributed by atoms with Crippen LogP contribution in [0.3, 0.4) is 0 Å². The van der Waals surface area contributed by atoms with Gasteiger partial charge in [-0.25, -0.2) is 0 Å². The van der Waals surface area contributed by atoms with Crippen molar-refractivity contribution < 1.29 is 9.90 Å². The van der Waals surface area contributed by atoms with E-state index in [4.69, 9.17) is 5.11 Å². The number of benzene rings is 1. The average Bonchev–Trinajstić information content (AvgIpc) is 2.12. The molecule has 0 aliphatic carbocycles. The summed E-state index contributed by atoms with van der Waals surface area (Å²) in [5.74, 6) is -0.397. The molecule has 2 heteroatoms. The van der Waals surface area contributed by atoms with E-state index in [9.17, 15) is 4.79 Å². The van der Waals surface area contributed by atoms with E-state index in [0.29, 0.717) is 12.3 Å². The molecule has 0 spiro atoms. The molecule has 1 aromatic carbocycles. The minimum atomic E-state index is -0.714. The first-order chi connectivity index (χ1) is 7.41. The predicted octanol–water partition coefficient (Wildman–Crippen LogP) is 3.58. The van der Waals surface area contributed by atoms with Crippen molar-refractivity contribution in [3.05, 3.63) is 34.4 Å². The second-order valence-electron chi connectivity index (χ2n) is 4.65. The molecule has 0 saturated carbocycles. The van der Waals surface area contributed by atoms with Crippen LogP contribution in [0.25, 0.3) is 0 Å². The quantitative estimate of drug-likeness (QED) is 0.842. The Balaban J connectivity index is 2.90. The van der Waals surface area contributed by atoms with E-state index in [0.717, 1.165) is 0 Å². The molecule has 0 amide bonds. The lowest BCUT2D eigenvalue weighted by molar-refractivity contribution is -0.137. The summed E-state index contributed by atoms with van der Waals surface area (Å²) < 4.78 is 0. The van der Waals surface area contributed by atoms with Gasteiger partial charge in [0.1, 0.15) is 0 Å². The normalized spacial score (nSPS) is 12.5. The second kappa shape index (κ2) is 5.15. The predicted molar refractivity (Wildman–Crippen MR) is 65.9 cm³/mol. The molecule has 0 saturated heterocycles. The average molecular weight is 220 g/mol. The molecule has 0 aliphatic heterocycles. The zero-order valence-electron chi connectivity index (χ0n) is 10.5. The summed E-state index contributed by atoms with van der Waals surface area (Å²) in [5.41, 5.74) is 5.13. The Morgan fingerprint density at radius 2 is 1.75 bits per heavy atom. The van der Waals surface area contributed by atoms with E-state index in [-0.39, 0.29) is 6.42 Å². The molecular formula is C14H20O2. The van der Waals surface area contributed by atoms with Crippen LogP contribution >= 0.6 is 0 Å². The first kappa shape index (κ1) is 12.8. The van der Waals surface area contributed by atoms with Gasteiger partial charge in [-0.1, -0.05) is 24.6 Å². The van der Waals surface area contributed by atoms with Crippen LogP contribution in [0.5, 0.6) is 0 Å². The van der Waals surface area contributed by atoms with E-state index >= 15 is 0 Å². The third kappa shape index (κ3) is 3.09. The molecule has 0 bridgehead atoms. The molecule has 2 nitrogen and oxygen atoms in total. The van der Waals surface area contributed by atoms with Gasteiger partial charge in [0.2, 0.25) is 0 Å². The fourth-order valence-electron chi connectivity index (χ4n) is 2.45. The number of carboxylic acids is 1. The van der Waals surface area contributed by atoms with Crippen molar-refractivity contribution in [2.75, 3.05) is 0 Å². The van der Waals surface area contributed by atoms with Crippen LogP contribution in [0.2, 0.25) is 0 Å². The molecule has 1 aromatic rings. The molecule has 0 radical (unpaired) electrons. The maximum atomic E-state index is 10.6. The summed E-state index contributed by atoms with van der Waals surface area (Å²) in [6, 6.07) is 4.33. The van der Waals surface area contributed by atoms with Crippen LogP contribution in [-0.4, -0.2) is 11.1 Å². The Hall–Kier alpha value is -1.31. The molecule has 0 aliphatic rings. The molecule has 0 fully saturated rings. The van der Waals surface area contributed by atoms with Gasteiger partial charge >= 0.3 is 5.97 Å². The Labute approximate surface area is 97.3 Å². The summed E-state index contributed by atoms with van der Waals surface area (Å²) in [5, 5.41) is 8.69. The van der Waals surface area contributed by atoms with Crippen molar-refractivity contribution in [2.45, 2.75) is 46.5 Å². The lowest BCUT2D eigenvalue weighted by atomic mass is 9.88. The van der Waals surface area contributed by atoms with Crippen molar-refractivity contribution in [1.29, 1.82) is 0 Å². The molecule has 88 valence electrons. The van der Waals surface area contributed by atoms with Crippen molar-refractivity contribution in [3.63, 3.8) is 0 Å². The van der Waals surface area contributed by atoms with E-state index in [1.54, 1.807) is 0 Å². The first-order valence-corrected chi connectivity index (χ1v) is 5.71. The zero-order chi connectivity index (χ0) is 12.3. The van der Waals surface area contributed by atoms with Crippen molar-refractivity contribution in [3.8, 4) is 0 Å². The molecular weight excluding hydrogens is 200 g/mol. The Morgan fingerprint density at radius 1 is 1.25 bits per heavy atom. The summed E-state index contributed by atoms with van der Waals surface area (Å²) >= 11 is 0. The van der Waals surface area contributed by atoms with E-state index < -0.39 is 5.97 Å². The Kier molecular flexibility index (Phi) is 4.11.